The second-order valence-corrected chi connectivity index (χ2v) is 15.3. The highest BCUT2D eigenvalue weighted by molar-refractivity contribution is 6.13. The molecule has 1 spiro atoms. The molecule has 0 radical (unpaired) electrons. The number of hydrogen-bond acceptors (Lipinski definition) is 2. The molecule has 4 fully saturated rings. The van der Waals surface area contributed by atoms with Crippen molar-refractivity contribution in [2.45, 2.75) is 37.5 Å². The van der Waals surface area contributed by atoms with E-state index in [1.807, 2.05) is 6.07 Å². The van der Waals surface area contributed by atoms with Gasteiger partial charge >= 0.3 is 0 Å². The maximum absolute atomic E-state index is 6.57. The van der Waals surface area contributed by atoms with Crippen LogP contribution in [0.4, 0.5) is 17.1 Å². The predicted octanol–water partition coefficient (Wildman–Crippen LogP) is 12.2. The van der Waals surface area contributed by atoms with Crippen LogP contribution < -0.4 is 4.90 Å². The lowest BCUT2D eigenvalue weighted by Crippen LogP contribution is -2.57. The minimum Gasteiger partial charge on any atom is -0.454 e. The number of benzene rings is 6. The van der Waals surface area contributed by atoms with E-state index in [1.54, 1.807) is 11.1 Å². The van der Waals surface area contributed by atoms with Crippen molar-refractivity contribution in [3.05, 3.63) is 145 Å². The van der Waals surface area contributed by atoms with Crippen LogP contribution in [0.15, 0.2) is 138 Å². The molecule has 3 heterocycles. The zero-order chi connectivity index (χ0) is 31.8. The molecule has 236 valence electrons. The van der Waals surface area contributed by atoms with E-state index in [4.69, 9.17) is 4.42 Å². The normalized spacial score (nSPS) is 23.2. The second-order valence-electron chi connectivity index (χ2n) is 15.3. The number of hydrogen-bond donors (Lipinski definition) is 0. The topological polar surface area (TPSA) is 21.3 Å². The Labute approximate surface area is 285 Å². The van der Waals surface area contributed by atoms with Gasteiger partial charge in [0.05, 0.1) is 28.1 Å². The number of anilines is 3. The van der Waals surface area contributed by atoms with Crippen LogP contribution in [0.2, 0.25) is 0 Å². The molecule has 0 N–H and O–H groups in total. The third kappa shape index (κ3) is 3.34. The first kappa shape index (κ1) is 26.6. The minimum atomic E-state index is 0.114. The van der Waals surface area contributed by atoms with Gasteiger partial charge in [0.2, 0.25) is 0 Å². The fourth-order valence-corrected chi connectivity index (χ4v) is 11.7. The van der Waals surface area contributed by atoms with Crippen molar-refractivity contribution in [3.63, 3.8) is 0 Å². The van der Waals surface area contributed by atoms with E-state index in [2.05, 4.69) is 137 Å². The Morgan fingerprint density at radius 3 is 1.84 bits per heavy atom. The first-order valence-electron chi connectivity index (χ1n) is 18.2. The van der Waals surface area contributed by atoms with Crippen LogP contribution in [0, 0.1) is 23.7 Å². The van der Waals surface area contributed by atoms with Crippen LogP contribution in [0.5, 0.6) is 0 Å². The summed E-state index contributed by atoms with van der Waals surface area (Å²) in [4.78, 5) is 2.58. The van der Waals surface area contributed by atoms with Crippen molar-refractivity contribution < 1.29 is 4.42 Å². The molecule has 3 nitrogen and oxygen atoms in total. The van der Waals surface area contributed by atoms with E-state index in [-0.39, 0.29) is 5.41 Å². The van der Waals surface area contributed by atoms with Crippen molar-refractivity contribution in [1.82, 2.24) is 4.57 Å². The fraction of sp³-hybridized carbons (Fsp3) is 0.217. The van der Waals surface area contributed by atoms with Gasteiger partial charge in [-0.3, -0.25) is 0 Å². The molecular formula is C46H36N2O. The Bertz CT molecular complexity index is 2580. The zero-order valence-electron chi connectivity index (χ0n) is 27.3. The third-order valence-corrected chi connectivity index (χ3v) is 13.1. The molecule has 3 heteroatoms. The molecule has 8 aromatic rings. The molecule has 13 rings (SSSR count). The highest BCUT2D eigenvalue weighted by Gasteiger charge is 2.61. The summed E-state index contributed by atoms with van der Waals surface area (Å²) in [5, 5.41) is 4.81. The van der Waals surface area contributed by atoms with Gasteiger partial charge in [0, 0.05) is 32.6 Å². The van der Waals surface area contributed by atoms with Crippen LogP contribution in [-0.4, -0.2) is 4.57 Å². The second kappa shape index (κ2) is 9.45. The Kier molecular flexibility index (Phi) is 5.14. The average molecular weight is 633 g/mol. The molecule has 6 aromatic carbocycles. The van der Waals surface area contributed by atoms with Gasteiger partial charge in [-0.15, -0.1) is 0 Å². The van der Waals surface area contributed by atoms with Gasteiger partial charge in [0.25, 0.3) is 0 Å². The standard InChI is InChI=1S/C46H36N2O/c1-5-15-39-33(10-1)36-27-32(20-21-40(36)48(39)43-18-9-12-35-34-11-2-8-19-44(34)49-45(35)43)47-41-16-6-3-13-37(41)46(38-14-4-7-17-42(38)47)30-23-28-22-29(25-30)26-31(46)24-28/h1-21,27-31H,22-26H2/t28-,29+,30-,31?. The highest BCUT2D eigenvalue weighted by atomic mass is 16.3. The van der Waals surface area contributed by atoms with Crippen LogP contribution in [0.1, 0.15) is 43.2 Å². The monoisotopic (exact) mass is 632 g/mol. The summed E-state index contributed by atoms with van der Waals surface area (Å²) in [5.74, 6) is 3.32. The van der Waals surface area contributed by atoms with Crippen molar-refractivity contribution >= 4 is 60.8 Å². The summed E-state index contributed by atoms with van der Waals surface area (Å²) in [5.41, 5.74) is 12.5. The number of furan rings is 1. The fourth-order valence-electron chi connectivity index (χ4n) is 11.7. The highest BCUT2D eigenvalue weighted by Crippen LogP contribution is 2.69. The molecule has 5 aliphatic rings. The van der Waals surface area contributed by atoms with Crippen molar-refractivity contribution in [1.29, 1.82) is 0 Å². The zero-order valence-corrected chi connectivity index (χ0v) is 27.3. The van der Waals surface area contributed by atoms with Crippen LogP contribution in [-0.2, 0) is 5.41 Å². The van der Waals surface area contributed by atoms with Crippen LogP contribution in [0.25, 0.3) is 49.4 Å². The number of nitrogens with zero attached hydrogens (tertiary/aromatic N) is 2. The van der Waals surface area contributed by atoms with Crippen molar-refractivity contribution in [2.75, 3.05) is 4.90 Å². The van der Waals surface area contributed by atoms with E-state index in [1.165, 1.54) is 71.0 Å². The predicted molar refractivity (Wildman–Crippen MR) is 201 cm³/mol. The number of fused-ring (bicyclic) bond motifs is 8. The lowest BCUT2D eigenvalue weighted by atomic mass is 9.41. The largest absolute Gasteiger partial charge is 0.454 e. The number of aromatic nitrogens is 1. The average Bonchev–Trinajstić information content (AvgIpc) is 3.69. The quantitative estimate of drug-likeness (QED) is 0.189. The van der Waals surface area contributed by atoms with Gasteiger partial charge < -0.3 is 13.9 Å². The number of rotatable bonds is 2. The molecule has 2 aromatic heterocycles. The molecule has 4 bridgehead atoms. The van der Waals surface area contributed by atoms with Gasteiger partial charge in [-0.1, -0.05) is 84.9 Å². The molecule has 0 saturated heterocycles. The van der Waals surface area contributed by atoms with E-state index in [9.17, 15) is 0 Å². The van der Waals surface area contributed by atoms with Gasteiger partial charge in [0.15, 0.2) is 5.58 Å². The minimum absolute atomic E-state index is 0.114. The molecule has 0 atom stereocenters. The molecule has 49 heavy (non-hydrogen) atoms. The van der Waals surface area contributed by atoms with E-state index in [0.717, 1.165) is 51.3 Å². The van der Waals surface area contributed by atoms with Gasteiger partial charge in [0.1, 0.15) is 5.58 Å². The summed E-state index contributed by atoms with van der Waals surface area (Å²) in [6.07, 6.45) is 7.02. The first-order chi connectivity index (χ1) is 24.3. The summed E-state index contributed by atoms with van der Waals surface area (Å²) in [6, 6.07) is 49.7. The summed E-state index contributed by atoms with van der Waals surface area (Å²) >= 11 is 0. The SMILES string of the molecule is c1ccc2c(c1)N(c1ccc3c(c1)c1ccccc1n3-c1cccc3c1oc1ccccc13)c1ccccc1C21C2C[C@H]3C[C@@H](C2)C[C@@H]1C3. The maximum atomic E-state index is 6.57. The summed E-state index contributed by atoms with van der Waals surface area (Å²) < 4.78 is 8.97. The molecule has 4 saturated carbocycles. The summed E-state index contributed by atoms with van der Waals surface area (Å²) in [7, 11) is 0. The third-order valence-electron chi connectivity index (χ3n) is 13.1. The van der Waals surface area contributed by atoms with E-state index in [0.29, 0.717) is 0 Å². The Balaban J connectivity index is 1.09. The van der Waals surface area contributed by atoms with Crippen molar-refractivity contribution in [3.8, 4) is 5.69 Å². The Morgan fingerprint density at radius 2 is 1.08 bits per heavy atom. The first-order valence-corrected chi connectivity index (χ1v) is 18.2. The Morgan fingerprint density at radius 1 is 0.490 bits per heavy atom. The van der Waals surface area contributed by atoms with Crippen LogP contribution in [0.3, 0.4) is 0 Å². The van der Waals surface area contributed by atoms with Gasteiger partial charge in [-0.05, 0) is 115 Å². The lowest BCUT2D eigenvalue weighted by Gasteiger charge is -2.64. The molecule has 0 unspecified atom stereocenters. The molecular weight excluding hydrogens is 597 g/mol. The lowest BCUT2D eigenvalue weighted by molar-refractivity contribution is -0.0419. The van der Waals surface area contributed by atoms with Crippen molar-refractivity contribution in [2.24, 2.45) is 23.7 Å². The van der Waals surface area contributed by atoms with E-state index < -0.39 is 0 Å². The number of para-hydroxylation sites is 5. The van der Waals surface area contributed by atoms with E-state index >= 15 is 0 Å². The van der Waals surface area contributed by atoms with Crippen LogP contribution >= 0.6 is 0 Å². The molecule has 0 amide bonds. The van der Waals surface area contributed by atoms with Gasteiger partial charge in [-0.25, -0.2) is 0 Å². The summed E-state index contributed by atoms with van der Waals surface area (Å²) in [6.45, 7) is 0. The molecule has 1 aliphatic heterocycles. The molecule has 4 aliphatic carbocycles. The van der Waals surface area contributed by atoms with Gasteiger partial charge in [-0.2, -0.15) is 0 Å². The Hall–Kier alpha value is -5.28. The smallest absolute Gasteiger partial charge is 0.159 e. The maximum Gasteiger partial charge on any atom is 0.159 e.